The maximum absolute atomic E-state index is 12.5. The molecule has 130 valence electrons. The van der Waals surface area contributed by atoms with Crippen molar-refractivity contribution in [3.05, 3.63) is 101 Å². The van der Waals surface area contributed by atoms with Gasteiger partial charge in [-0.1, -0.05) is 54.6 Å². The normalized spacial score (nSPS) is 10.8. The summed E-state index contributed by atoms with van der Waals surface area (Å²) < 4.78 is 0. The Morgan fingerprint density at radius 3 is 2.54 bits per heavy atom. The lowest BCUT2D eigenvalue weighted by atomic mass is 9.99. The quantitative estimate of drug-likeness (QED) is 0.544. The first-order valence-corrected chi connectivity index (χ1v) is 8.61. The molecule has 1 N–H and O–H groups in total. The van der Waals surface area contributed by atoms with Crippen molar-refractivity contribution in [1.29, 1.82) is 0 Å². The Balaban J connectivity index is 1.65. The minimum absolute atomic E-state index is 0.211. The molecule has 0 radical (unpaired) electrons. The number of nitrogens with one attached hydrogen (secondary N) is 1. The van der Waals surface area contributed by atoms with E-state index in [1.165, 1.54) is 5.56 Å². The van der Waals surface area contributed by atoms with Crippen molar-refractivity contribution in [3.63, 3.8) is 0 Å². The second-order valence-electron chi connectivity index (χ2n) is 6.05. The summed E-state index contributed by atoms with van der Waals surface area (Å²) in [6.07, 6.45) is 3.25. The number of hydrazone groups is 1. The molecule has 0 unspecified atom stereocenters. The number of hydrogen-bond donors (Lipinski definition) is 1. The van der Waals surface area contributed by atoms with E-state index in [-0.39, 0.29) is 5.91 Å². The SMILES string of the molecule is Cc1cccc(/C=N/NC(=O)c2ccccc2CCc2ccccc2)n1. The third kappa shape index (κ3) is 4.86. The molecule has 0 aliphatic heterocycles. The molecule has 0 bridgehead atoms. The highest BCUT2D eigenvalue weighted by atomic mass is 16.2. The standard InChI is InChI=1S/C22H21N3O/c1-17-8-7-12-20(24-17)16-23-25-22(26)21-13-6-5-11-19(21)15-14-18-9-3-2-4-10-18/h2-13,16H,14-15H2,1H3,(H,25,26)/b23-16+. The number of amides is 1. The number of carbonyl (C=O) groups excluding carboxylic acids is 1. The highest BCUT2D eigenvalue weighted by Crippen LogP contribution is 2.13. The maximum atomic E-state index is 12.5. The number of carbonyl (C=O) groups is 1. The first-order valence-electron chi connectivity index (χ1n) is 8.61. The molecule has 1 aromatic heterocycles. The van der Waals surface area contributed by atoms with Crippen LogP contribution in [0.25, 0.3) is 0 Å². The van der Waals surface area contributed by atoms with E-state index in [2.05, 4.69) is 27.6 Å². The summed E-state index contributed by atoms with van der Waals surface area (Å²) in [4.78, 5) is 16.8. The molecule has 0 aliphatic rings. The van der Waals surface area contributed by atoms with Gasteiger partial charge in [0.15, 0.2) is 0 Å². The zero-order valence-electron chi connectivity index (χ0n) is 14.7. The van der Waals surface area contributed by atoms with Crippen molar-refractivity contribution in [1.82, 2.24) is 10.4 Å². The van der Waals surface area contributed by atoms with Gasteiger partial charge in [-0.3, -0.25) is 9.78 Å². The van der Waals surface area contributed by atoms with Crippen molar-refractivity contribution < 1.29 is 4.79 Å². The summed E-state index contributed by atoms with van der Waals surface area (Å²) >= 11 is 0. The van der Waals surface area contributed by atoms with E-state index in [0.717, 1.165) is 24.1 Å². The lowest BCUT2D eigenvalue weighted by molar-refractivity contribution is 0.0954. The van der Waals surface area contributed by atoms with Gasteiger partial charge in [0.1, 0.15) is 0 Å². The second-order valence-corrected chi connectivity index (χ2v) is 6.05. The van der Waals surface area contributed by atoms with Gasteiger partial charge in [-0.05, 0) is 49.1 Å². The molecule has 26 heavy (non-hydrogen) atoms. The third-order valence-electron chi connectivity index (χ3n) is 4.06. The van der Waals surface area contributed by atoms with E-state index in [1.54, 1.807) is 6.21 Å². The second kappa shape index (κ2) is 8.72. The summed E-state index contributed by atoms with van der Waals surface area (Å²) in [5.74, 6) is -0.211. The average molecular weight is 343 g/mol. The van der Waals surface area contributed by atoms with Crippen LogP contribution >= 0.6 is 0 Å². The number of aromatic nitrogens is 1. The van der Waals surface area contributed by atoms with E-state index in [0.29, 0.717) is 11.3 Å². The summed E-state index contributed by atoms with van der Waals surface area (Å²) in [6, 6.07) is 23.6. The largest absolute Gasteiger partial charge is 0.271 e. The highest BCUT2D eigenvalue weighted by molar-refractivity contribution is 5.96. The van der Waals surface area contributed by atoms with Crippen LogP contribution in [0.3, 0.4) is 0 Å². The smallest absolute Gasteiger partial charge is 0.267 e. The van der Waals surface area contributed by atoms with E-state index in [1.807, 2.05) is 67.6 Å². The fourth-order valence-corrected chi connectivity index (χ4v) is 2.74. The topological polar surface area (TPSA) is 54.4 Å². The number of pyridine rings is 1. The van der Waals surface area contributed by atoms with Gasteiger partial charge >= 0.3 is 0 Å². The molecule has 0 saturated carbocycles. The van der Waals surface area contributed by atoms with Crippen molar-refractivity contribution in [2.45, 2.75) is 19.8 Å². The maximum Gasteiger partial charge on any atom is 0.271 e. The Morgan fingerprint density at radius 2 is 1.73 bits per heavy atom. The predicted octanol–water partition coefficient (Wildman–Crippen LogP) is 3.94. The van der Waals surface area contributed by atoms with Crippen molar-refractivity contribution >= 4 is 12.1 Å². The lowest BCUT2D eigenvalue weighted by Gasteiger charge is -2.08. The first kappa shape index (κ1) is 17.5. The first-order chi connectivity index (χ1) is 12.7. The van der Waals surface area contributed by atoms with Gasteiger partial charge in [0, 0.05) is 11.3 Å². The fourth-order valence-electron chi connectivity index (χ4n) is 2.74. The summed E-state index contributed by atoms with van der Waals surface area (Å²) in [5, 5.41) is 4.03. The minimum atomic E-state index is -0.211. The third-order valence-corrected chi connectivity index (χ3v) is 4.06. The molecule has 0 spiro atoms. The number of hydrogen-bond acceptors (Lipinski definition) is 3. The molecular weight excluding hydrogens is 322 g/mol. The van der Waals surface area contributed by atoms with E-state index in [4.69, 9.17) is 0 Å². The van der Waals surface area contributed by atoms with E-state index < -0.39 is 0 Å². The number of rotatable bonds is 6. The van der Waals surface area contributed by atoms with Crippen molar-refractivity contribution in [3.8, 4) is 0 Å². The Bertz CT molecular complexity index is 904. The van der Waals surface area contributed by atoms with E-state index in [9.17, 15) is 4.79 Å². The molecule has 1 amide bonds. The molecular formula is C22H21N3O. The van der Waals surface area contributed by atoms with E-state index >= 15 is 0 Å². The summed E-state index contributed by atoms with van der Waals surface area (Å²) in [7, 11) is 0. The lowest BCUT2D eigenvalue weighted by Crippen LogP contribution is -2.19. The molecule has 0 saturated heterocycles. The number of nitrogens with zero attached hydrogens (tertiary/aromatic N) is 2. The number of aryl methyl sites for hydroxylation is 3. The molecule has 3 rings (SSSR count). The van der Waals surface area contributed by atoms with Crippen LogP contribution in [-0.4, -0.2) is 17.1 Å². The Kier molecular flexibility index (Phi) is 5.88. The van der Waals surface area contributed by atoms with Crippen LogP contribution in [0.1, 0.15) is 32.9 Å². The molecule has 1 heterocycles. The van der Waals surface area contributed by atoms with Crippen LogP contribution in [0.2, 0.25) is 0 Å². The van der Waals surface area contributed by atoms with Gasteiger partial charge in [0.25, 0.3) is 5.91 Å². The Labute approximate surface area is 153 Å². The van der Waals surface area contributed by atoms with Crippen LogP contribution in [0, 0.1) is 6.92 Å². The van der Waals surface area contributed by atoms with Gasteiger partial charge in [0.2, 0.25) is 0 Å². The minimum Gasteiger partial charge on any atom is -0.267 e. The summed E-state index contributed by atoms with van der Waals surface area (Å²) in [5.41, 5.74) is 7.13. The molecule has 4 nitrogen and oxygen atoms in total. The summed E-state index contributed by atoms with van der Waals surface area (Å²) in [6.45, 7) is 1.92. The zero-order chi connectivity index (χ0) is 18.2. The van der Waals surface area contributed by atoms with Crippen LogP contribution in [0.4, 0.5) is 0 Å². The Morgan fingerprint density at radius 1 is 0.962 bits per heavy atom. The fraction of sp³-hybridized carbons (Fsp3) is 0.136. The van der Waals surface area contributed by atoms with Crippen molar-refractivity contribution in [2.24, 2.45) is 5.10 Å². The molecule has 2 aromatic carbocycles. The highest BCUT2D eigenvalue weighted by Gasteiger charge is 2.10. The average Bonchev–Trinajstić information content (AvgIpc) is 2.67. The van der Waals surface area contributed by atoms with Crippen LogP contribution < -0.4 is 5.43 Å². The van der Waals surface area contributed by atoms with Crippen LogP contribution in [-0.2, 0) is 12.8 Å². The zero-order valence-corrected chi connectivity index (χ0v) is 14.7. The number of benzene rings is 2. The monoisotopic (exact) mass is 343 g/mol. The van der Waals surface area contributed by atoms with Gasteiger partial charge in [-0.25, -0.2) is 5.43 Å². The van der Waals surface area contributed by atoms with Crippen LogP contribution in [0.15, 0.2) is 77.9 Å². The van der Waals surface area contributed by atoms with Crippen molar-refractivity contribution in [2.75, 3.05) is 0 Å². The molecule has 4 heteroatoms. The molecule has 0 aliphatic carbocycles. The molecule has 0 atom stereocenters. The van der Waals surface area contributed by atoms with Gasteiger partial charge < -0.3 is 0 Å². The van der Waals surface area contributed by atoms with Gasteiger partial charge in [-0.15, -0.1) is 0 Å². The van der Waals surface area contributed by atoms with Gasteiger partial charge in [0.05, 0.1) is 11.9 Å². The van der Waals surface area contributed by atoms with Gasteiger partial charge in [-0.2, -0.15) is 5.10 Å². The predicted molar refractivity (Wildman–Crippen MR) is 104 cm³/mol. The molecule has 0 fully saturated rings. The Hall–Kier alpha value is -3.27. The molecule has 3 aromatic rings. The van der Waals surface area contributed by atoms with Crippen LogP contribution in [0.5, 0.6) is 0 Å².